The Morgan fingerprint density at radius 3 is 2.38 bits per heavy atom. The van der Waals surface area contributed by atoms with Gasteiger partial charge in [-0.3, -0.25) is 9.59 Å². The lowest BCUT2D eigenvalue weighted by atomic mass is 10.1. The Kier molecular flexibility index (Phi) is 6.62. The molecule has 0 saturated heterocycles. The molecule has 0 atom stereocenters. The van der Waals surface area contributed by atoms with Gasteiger partial charge in [0.05, 0.1) is 21.8 Å². The standard InChI is InChI=1S/C18H18ClIN2O2/c1-3-22(4-2)18(24)14-11-12(20)9-10-16(14)21-17(23)13-7-5-6-8-15(13)19/h5-11H,3-4H2,1-2H3,(H,21,23). The first-order chi connectivity index (χ1) is 11.5. The topological polar surface area (TPSA) is 49.4 Å². The van der Waals surface area contributed by atoms with Gasteiger partial charge >= 0.3 is 0 Å². The van der Waals surface area contributed by atoms with E-state index >= 15 is 0 Å². The van der Waals surface area contributed by atoms with Crippen LogP contribution in [0.2, 0.25) is 5.02 Å². The highest BCUT2D eigenvalue weighted by atomic mass is 127. The summed E-state index contributed by atoms with van der Waals surface area (Å²) in [5.41, 5.74) is 1.34. The molecule has 4 nitrogen and oxygen atoms in total. The number of hydrogen-bond donors (Lipinski definition) is 1. The molecular formula is C18H18ClIN2O2. The Labute approximate surface area is 160 Å². The van der Waals surface area contributed by atoms with Crippen molar-refractivity contribution >= 4 is 51.7 Å². The monoisotopic (exact) mass is 456 g/mol. The third kappa shape index (κ3) is 4.27. The summed E-state index contributed by atoms with van der Waals surface area (Å²) in [7, 11) is 0. The molecule has 0 unspecified atom stereocenters. The van der Waals surface area contributed by atoms with Crippen LogP contribution in [0, 0.1) is 3.57 Å². The molecule has 0 heterocycles. The van der Waals surface area contributed by atoms with E-state index in [-0.39, 0.29) is 11.8 Å². The van der Waals surface area contributed by atoms with Gasteiger partial charge in [-0.25, -0.2) is 0 Å². The van der Waals surface area contributed by atoms with Crippen LogP contribution in [0.15, 0.2) is 42.5 Å². The van der Waals surface area contributed by atoms with Crippen LogP contribution in [-0.4, -0.2) is 29.8 Å². The molecule has 0 aliphatic carbocycles. The van der Waals surface area contributed by atoms with E-state index in [9.17, 15) is 9.59 Å². The molecule has 0 spiro atoms. The van der Waals surface area contributed by atoms with Crippen LogP contribution in [0.3, 0.4) is 0 Å². The van der Waals surface area contributed by atoms with Crippen LogP contribution in [0.5, 0.6) is 0 Å². The van der Waals surface area contributed by atoms with Gasteiger partial charge in [-0.2, -0.15) is 0 Å². The molecule has 0 aliphatic heterocycles. The normalized spacial score (nSPS) is 10.3. The number of anilines is 1. The molecule has 1 N–H and O–H groups in total. The van der Waals surface area contributed by atoms with E-state index in [1.807, 2.05) is 19.9 Å². The first-order valence-corrected chi connectivity index (χ1v) is 9.08. The third-order valence-corrected chi connectivity index (χ3v) is 4.63. The second-order valence-electron chi connectivity index (χ2n) is 5.10. The highest BCUT2D eigenvalue weighted by molar-refractivity contribution is 14.1. The maximum atomic E-state index is 12.7. The third-order valence-electron chi connectivity index (χ3n) is 3.63. The molecule has 0 aromatic heterocycles. The molecule has 2 amide bonds. The maximum Gasteiger partial charge on any atom is 0.257 e. The van der Waals surface area contributed by atoms with Crippen molar-refractivity contribution in [2.24, 2.45) is 0 Å². The van der Waals surface area contributed by atoms with E-state index in [0.29, 0.717) is 34.9 Å². The maximum absolute atomic E-state index is 12.7. The molecule has 0 radical (unpaired) electrons. The number of rotatable bonds is 5. The smallest absolute Gasteiger partial charge is 0.257 e. The second-order valence-corrected chi connectivity index (χ2v) is 6.75. The number of nitrogens with one attached hydrogen (secondary N) is 1. The average Bonchev–Trinajstić information content (AvgIpc) is 2.57. The van der Waals surface area contributed by atoms with Crippen molar-refractivity contribution in [3.63, 3.8) is 0 Å². The Hall–Kier alpha value is -1.60. The summed E-state index contributed by atoms with van der Waals surface area (Å²) < 4.78 is 0.929. The average molecular weight is 457 g/mol. The predicted molar refractivity (Wildman–Crippen MR) is 106 cm³/mol. The Morgan fingerprint density at radius 2 is 1.75 bits per heavy atom. The van der Waals surface area contributed by atoms with Crippen molar-refractivity contribution < 1.29 is 9.59 Å². The van der Waals surface area contributed by atoms with E-state index in [0.717, 1.165) is 3.57 Å². The fraction of sp³-hybridized carbons (Fsp3) is 0.222. The molecular weight excluding hydrogens is 439 g/mol. The minimum Gasteiger partial charge on any atom is -0.339 e. The molecule has 24 heavy (non-hydrogen) atoms. The van der Waals surface area contributed by atoms with Gasteiger partial charge in [0, 0.05) is 16.7 Å². The lowest BCUT2D eigenvalue weighted by Crippen LogP contribution is -2.31. The number of carbonyl (C=O) groups is 2. The highest BCUT2D eigenvalue weighted by Gasteiger charge is 2.19. The van der Waals surface area contributed by atoms with Crippen molar-refractivity contribution in [3.8, 4) is 0 Å². The van der Waals surface area contributed by atoms with Gasteiger partial charge in [0.1, 0.15) is 0 Å². The highest BCUT2D eigenvalue weighted by Crippen LogP contribution is 2.23. The SMILES string of the molecule is CCN(CC)C(=O)c1cc(I)ccc1NC(=O)c1ccccc1Cl. The van der Waals surface area contributed by atoms with Crippen LogP contribution in [0.25, 0.3) is 0 Å². The van der Waals surface area contributed by atoms with Gasteiger partial charge in [0.2, 0.25) is 0 Å². The van der Waals surface area contributed by atoms with Crippen molar-refractivity contribution in [1.82, 2.24) is 4.90 Å². The fourth-order valence-electron chi connectivity index (χ4n) is 2.32. The number of hydrogen-bond acceptors (Lipinski definition) is 2. The lowest BCUT2D eigenvalue weighted by molar-refractivity contribution is 0.0774. The quantitative estimate of drug-likeness (QED) is 0.664. The number of nitrogens with zero attached hydrogens (tertiary/aromatic N) is 1. The van der Waals surface area contributed by atoms with Crippen molar-refractivity contribution in [3.05, 3.63) is 62.2 Å². The van der Waals surface area contributed by atoms with Gasteiger partial charge in [-0.15, -0.1) is 0 Å². The van der Waals surface area contributed by atoms with E-state index in [1.165, 1.54) is 0 Å². The van der Waals surface area contributed by atoms with Gasteiger partial charge in [-0.05, 0) is 66.8 Å². The van der Waals surface area contributed by atoms with Crippen LogP contribution in [0.4, 0.5) is 5.69 Å². The summed E-state index contributed by atoms with van der Waals surface area (Å²) in [5.74, 6) is -0.441. The molecule has 2 aromatic carbocycles. The predicted octanol–water partition coefficient (Wildman–Crippen LogP) is 4.68. The van der Waals surface area contributed by atoms with Crippen molar-refractivity contribution in [2.45, 2.75) is 13.8 Å². The fourth-order valence-corrected chi connectivity index (χ4v) is 3.03. The van der Waals surface area contributed by atoms with E-state index in [4.69, 9.17) is 11.6 Å². The second kappa shape index (κ2) is 8.48. The minimum absolute atomic E-state index is 0.104. The summed E-state index contributed by atoms with van der Waals surface area (Å²) in [4.78, 5) is 26.9. The van der Waals surface area contributed by atoms with E-state index in [1.54, 1.807) is 41.3 Å². The first-order valence-electron chi connectivity index (χ1n) is 7.62. The van der Waals surface area contributed by atoms with Crippen molar-refractivity contribution in [2.75, 3.05) is 18.4 Å². The lowest BCUT2D eigenvalue weighted by Gasteiger charge is -2.21. The Morgan fingerprint density at radius 1 is 1.08 bits per heavy atom. The summed E-state index contributed by atoms with van der Waals surface area (Å²) in [6, 6.07) is 12.2. The molecule has 0 aliphatic rings. The van der Waals surface area contributed by atoms with Gasteiger partial charge < -0.3 is 10.2 Å². The molecule has 2 aromatic rings. The molecule has 0 fully saturated rings. The van der Waals surface area contributed by atoms with Crippen LogP contribution >= 0.6 is 34.2 Å². The zero-order valence-corrected chi connectivity index (χ0v) is 16.4. The van der Waals surface area contributed by atoms with Crippen LogP contribution < -0.4 is 5.32 Å². The molecule has 0 bridgehead atoms. The largest absolute Gasteiger partial charge is 0.339 e. The van der Waals surface area contributed by atoms with E-state index < -0.39 is 0 Å². The van der Waals surface area contributed by atoms with E-state index in [2.05, 4.69) is 27.9 Å². The summed E-state index contributed by atoms with van der Waals surface area (Å²) >= 11 is 8.22. The summed E-state index contributed by atoms with van der Waals surface area (Å²) in [6.07, 6.45) is 0. The number of carbonyl (C=O) groups excluding carboxylic acids is 2. The molecule has 0 saturated carbocycles. The first kappa shape index (κ1) is 18.7. The van der Waals surface area contributed by atoms with Crippen molar-refractivity contribution in [1.29, 1.82) is 0 Å². The summed E-state index contributed by atoms with van der Waals surface area (Å²) in [5, 5.41) is 3.18. The number of amides is 2. The van der Waals surface area contributed by atoms with Gasteiger partial charge in [0.25, 0.3) is 11.8 Å². The molecule has 2 rings (SSSR count). The van der Waals surface area contributed by atoms with Gasteiger partial charge in [0.15, 0.2) is 0 Å². The minimum atomic E-state index is -0.338. The molecule has 6 heteroatoms. The molecule has 126 valence electrons. The Balaban J connectivity index is 2.36. The Bertz CT molecular complexity index is 760. The zero-order chi connectivity index (χ0) is 17.7. The number of halogens is 2. The zero-order valence-electron chi connectivity index (χ0n) is 13.5. The van der Waals surface area contributed by atoms with Crippen LogP contribution in [-0.2, 0) is 0 Å². The number of benzene rings is 2. The van der Waals surface area contributed by atoms with Gasteiger partial charge in [-0.1, -0.05) is 23.7 Å². The van der Waals surface area contributed by atoms with Crippen LogP contribution in [0.1, 0.15) is 34.6 Å². The summed E-state index contributed by atoms with van der Waals surface area (Å²) in [6.45, 7) is 5.08.